The van der Waals surface area contributed by atoms with Crippen molar-refractivity contribution in [3.05, 3.63) is 29.3 Å². The van der Waals surface area contributed by atoms with Crippen LogP contribution in [-0.4, -0.2) is 25.2 Å². The van der Waals surface area contributed by atoms with Crippen LogP contribution in [0.1, 0.15) is 24.0 Å². The topological polar surface area (TPSA) is 47.3 Å². The van der Waals surface area contributed by atoms with E-state index in [9.17, 15) is 0 Å². The minimum absolute atomic E-state index is 0.453. The van der Waals surface area contributed by atoms with Crippen LogP contribution in [0.2, 0.25) is 0 Å². The summed E-state index contributed by atoms with van der Waals surface area (Å²) >= 11 is 4.97. The van der Waals surface area contributed by atoms with Gasteiger partial charge in [-0.2, -0.15) is 0 Å². The van der Waals surface area contributed by atoms with Crippen LogP contribution in [0.5, 0.6) is 0 Å². The van der Waals surface area contributed by atoms with E-state index >= 15 is 0 Å². The highest BCUT2D eigenvalue weighted by Crippen LogP contribution is 2.15. The molecule has 0 aliphatic carbocycles. The van der Waals surface area contributed by atoms with Gasteiger partial charge in [-0.15, -0.1) is 0 Å². The number of benzene rings is 1. The van der Waals surface area contributed by atoms with Crippen LogP contribution in [0.3, 0.4) is 0 Å². The van der Waals surface area contributed by atoms with Crippen molar-refractivity contribution in [1.82, 2.24) is 0 Å². The van der Waals surface area contributed by atoms with E-state index in [0.717, 1.165) is 42.8 Å². The third kappa shape index (κ3) is 4.71. The lowest BCUT2D eigenvalue weighted by Crippen LogP contribution is -2.11. The largest absolute Gasteiger partial charge is 0.389 e. The van der Waals surface area contributed by atoms with Gasteiger partial charge < -0.3 is 15.8 Å². The van der Waals surface area contributed by atoms with Crippen molar-refractivity contribution in [1.29, 1.82) is 0 Å². The van der Waals surface area contributed by atoms with Crippen molar-refractivity contribution in [2.24, 2.45) is 5.73 Å². The monoisotopic (exact) mass is 252 g/mol. The summed E-state index contributed by atoms with van der Waals surface area (Å²) in [5.74, 6) is 0. The highest BCUT2D eigenvalue weighted by atomic mass is 32.1. The maximum atomic E-state index is 5.62. The van der Waals surface area contributed by atoms with Gasteiger partial charge in [0.15, 0.2) is 0 Å². The summed E-state index contributed by atoms with van der Waals surface area (Å²) in [6.45, 7) is 3.79. The Hall–Kier alpha value is -1.13. The van der Waals surface area contributed by atoms with Crippen molar-refractivity contribution in [3.63, 3.8) is 0 Å². The standard InChI is InChI=1S/C13H20N2OS/c1-10-9-11(5-6-12(10)13(14)17)15-7-3-4-8-16-2/h5-6,9,15H,3-4,7-8H2,1-2H3,(H2,14,17). The zero-order chi connectivity index (χ0) is 12.7. The average molecular weight is 252 g/mol. The van der Waals surface area contributed by atoms with Gasteiger partial charge in [0.1, 0.15) is 4.99 Å². The molecule has 94 valence electrons. The number of hydrogen-bond donors (Lipinski definition) is 2. The van der Waals surface area contributed by atoms with Crippen molar-refractivity contribution >= 4 is 22.9 Å². The molecule has 3 nitrogen and oxygen atoms in total. The summed E-state index contributed by atoms with van der Waals surface area (Å²) in [5, 5.41) is 3.37. The number of thiocarbonyl (C=S) groups is 1. The van der Waals surface area contributed by atoms with E-state index in [1.807, 2.05) is 19.1 Å². The fourth-order valence-corrected chi connectivity index (χ4v) is 1.88. The molecule has 3 N–H and O–H groups in total. The molecule has 17 heavy (non-hydrogen) atoms. The first kappa shape index (κ1) is 13.9. The van der Waals surface area contributed by atoms with E-state index in [1.54, 1.807) is 7.11 Å². The smallest absolute Gasteiger partial charge is 0.104 e. The normalized spacial score (nSPS) is 10.2. The highest BCUT2D eigenvalue weighted by molar-refractivity contribution is 7.80. The molecule has 1 aromatic rings. The second-order valence-electron chi connectivity index (χ2n) is 4.02. The van der Waals surface area contributed by atoms with Crippen LogP contribution in [-0.2, 0) is 4.74 Å². The molecule has 0 saturated carbocycles. The van der Waals surface area contributed by atoms with Gasteiger partial charge in [0.25, 0.3) is 0 Å². The molecule has 0 heterocycles. The molecule has 0 unspecified atom stereocenters. The predicted molar refractivity (Wildman–Crippen MR) is 76.7 cm³/mol. The fourth-order valence-electron chi connectivity index (χ4n) is 1.65. The molecule has 0 aromatic heterocycles. The van der Waals surface area contributed by atoms with E-state index in [1.165, 1.54) is 0 Å². The number of aryl methyl sites for hydroxylation is 1. The van der Waals surface area contributed by atoms with Crippen molar-refractivity contribution in [3.8, 4) is 0 Å². The number of ether oxygens (including phenoxy) is 1. The second kappa shape index (κ2) is 7.25. The Balaban J connectivity index is 2.45. The number of rotatable bonds is 7. The van der Waals surface area contributed by atoms with Crippen LogP contribution in [0.4, 0.5) is 5.69 Å². The minimum atomic E-state index is 0.453. The van der Waals surface area contributed by atoms with Crippen molar-refractivity contribution in [2.45, 2.75) is 19.8 Å². The molecule has 0 amide bonds. The molecule has 0 aliphatic heterocycles. The zero-order valence-electron chi connectivity index (χ0n) is 10.5. The summed E-state index contributed by atoms with van der Waals surface area (Å²) in [6, 6.07) is 6.05. The van der Waals surface area contributed by atoms with Gasteiger partial charge in [0, 0.05) is 31.5 Å². The number of hydrogen-bond acceptors (Lipinski definition) is 3. The van der Waals surface area contributed by atoms with Gasteiger partial charge in [0.2, 0.25) is 0 Å². The van der Waals surface area contributed by atoms with E-state index in [2.05, 4.69) is 11.4 Å². The summed E-state index contributed by atoms with van der Waals surface area (Å²) in [5.41, 5.74) is 8.79. The Morgan fingerprint density at radius 3 is 2.76 bits per heavy atom. The second-order valence-corrected chi connectivity index (χ2v) is 4.46. The lowest BCUT2D eigenvalue weighted by atomic mass is 10.1. The molecular formula is C13H20N2OS. The lowest BCUT2D eigenvalue weighted by Gasteiger charge is -2.09. The number of unbranched alkanes of at least 4 members (excludes halogenated alkanes) is 1. The van der Waals surface area contributed by atoms with Crippen LogP contribution < -0.4 is 11.1 Å². The zero-order valence-corrected chi connectivity index (χ0v) is 11.3. The quantitative estimate of drug-likeness (QED) is 0.578. The molecule has 0 aliphatic rings. The third-order valence-electron chi connectivity index (χ3n) is 2.60. The number of methoxy groups -OCH3 is 1. The predicted octanol–water partition coefficient (Wildman–Crippen LogP) is 2.47. The highest BCUT2D eigenvalue weighted by Gasteiger charge is 2.01. The Kier molecular flexibility index (Phi) is 5.94. The fraction of sp³-hybridized carbons (Fsp3) is 0.462. The number of nitrogens with two attached hydrogens (primary N) is 1. The molecule has 0 saturated heterocycles. The first-order chi connectivity index (χ1) is 8.15. The maximum absolute atomic E-state index is 5.62. The molecule has 0 spiro atoms. The third-order valence-corrected chi connectivity index (χ3v) is 2.82. The Labute approximate surface area is 108 Å². The maximum Gasteiger partial charge on any atom is 0.104 e. The van der Waals surface area contributed by atoms with Gasteiger partial charge in [-0.05, 0) is 43.5 Å². The summed E-state index contributed by atoms with van der Waals surface area (Å²) in [6.07, 6.45) is 2.18. The first-order valence-corrected chi connectivity index (χ1v) is 6.19. The Morgan fingerprint density at radius 2 is 2.18 bits per heavy atom. The molecule has 0 radical (unpaired) electrons. The summed E-state index contributed by atoms with van der Waals surface area (Å²) in [7, 11) is 1.73. The Morgan fingerprint density at radius 1 is 1.41 bits per heavy atom. The Bertz CT molecular complexity index is 380. The van der Waals surface area contributed by atoms with E-state index in [0.29, 0.717) is 4.99 Å². The minimum Gasteiger partial charge on any atom is -0.389 e. The average Bonchev–Trinajstić information content (AvgIpc) is 2.28. The molecular weight excluding hydrogens is 232 g/mol. The van der Waals surface area contributed by atoms with Gasteiger partial charge >= 0.3 is 0 Å². The van der Waals surface area contributed by atoms with Crippen LogP contribution in [0.25, 0.3) is 0 Å². The van der Waals surface area contributed by atoms with Gasteiger partial charge in [-0.1, -0.05) is 12.2 Å². The van der Waals surface area contributed by atoms with E-state index in [-0.39, 0.29) is 0 Å². The molecule has 1 aromatic carbocycles. The lowest BCUT2D eigenvalue weighted by molar-refractivity contribution is 0.194. The van der Waals surface area contributed by atoms with Crippen LogP contribution >= 0.6 is 12.2 Å². The van der Waals surface area contributed by atoms with E-state index in [4.69, 9.17) is 22.7 Å². The van der Waals surface area contributed by atoms with Crippen molar-refractivity contribution in [2.75, 3.05) is 25.6 Å². The van der Waals surface area contributed by atoms with Gasteiger partial charge in [-0.25, -0.2) is 0 Å². The molecule has 0 atom stereocenters. The first-order valence-electron chi connectivity index (χ1n) is 5.78. The summed E-state index contributed by atoms with van der Waals surface area (Å²) < 4.78 is 5.00. The number of anilines is 1. The van der Waals surface area contributed by atoms with Crippen LogP contribution in [0.15, 0.2) is 18.2 Å². The molecule has 4 heteroatoms. The number of nitrogens with one attached hydrogen (secondary N) is 1. The molecule has 0 bridgehead atoms. The molecule has 1 rings (SSSR count). The SMILES string of the molecule is COCCCCNc1ccc(C(N)=S)c(C)c1. The van der Waals surface area contributed by atoms with Crippen molar-refractivity contribution < 1.29 is 4.74 Å². The van der Waals surface area contributed by atoms with Crippen LogP contribution in [0, 0.1) is 6.92 Å². The molecule has 0 fully saturated rings. The van der Waals surface area contributed by atoms with Gasteiger partial charge in [-0.3, -0.25) is 0 Å². The van der Waals surface area contributed by atoms with E-state index < -0.39 is 0 Å². The van der Waals surface area contributed by atoms with Gasteiger partial charge in [0.05, 0.1) is 0 Å². The summed E-state index contributed by atoms with van der Waals surface area (Å²) in [4.78, 5) is 0.453.